The van der Waals surface area contributed by atoms with Crippen LogP contribution >= 0.6 is 97.2 Å². The summed E-state index contributed by atoms with van der Waals surface area (Å²) >= 11 is 26.9. The molecule has 0 bridgehead atoms. The molecule has 0 aliphatic carbocycles. The number of rotatable bonds is 10. The maximum atomic E-state index is 13.0. The van der Waals surface area contributed by atoms with Crippen LogP contribution in [0.4, 0.5) is 14.6 Å². The second-order valence-corrected chi connectivity index (χ2v) is 22.3. The van der Waals surface area contributed by atoms with Crippen LogP contribution in [0, 0.1) is 11.9 Å². The Morgan fingerprint density at radius 3 is 1.24 bits per heavy atom. The molecule has 6 aromatic heterocycles. The summed E-state index contributed by atoms with van der Waals surface area (Å²) in [5.41, 5.74) is 21.2. The van der Waals surface area contributed by atoms with Gasteiger partial charge in [0.1, 0.15) is 5.82 Å². The minimum absolute atomic E-state index is 0. The highest BCUT2D eigenvalue weighted by molar-refractivity contribution is 9.08. The lowest BCUT2D eigenvalue weighted by Gasteiger charge is -2.12. The van der Waals surface area contributed by atoms with Crippen molar-refractivity contribution in [2.24, 2.45) is 0 Å². The molecule has 2 N–H and O–H groups in total. The highest BCUT2D eigenvalue weighted by Crippen LogP contribution is 2.36. The molecule has 0 spiro atoms. The highest BCUT2D eigenvalue weighted by Gasteiger charge is 2.14. The van der Waals surface area contributed by atoms with Crippen LogP contribution in [0.1, 0.15) is 27.8 Å². The predicted molar refractivity (Wildman–Crippen MR) is 332 cm³/mol. The van der Waals surface area contributed by atoms with Gasteiger partial charge in [0.05, 0.1) is 47.2 Å². The van der Waals surface area contributed by atoms with Crippen LogP contribution in [0.3, 0.4) is 0 Å². The van der Waals surface area contributed by atoms with Crippen LogP contribution in [0.2, 0.25) is 15.1 Å². The Hall–Kier alpha value is -6.28. The standard InChI is InChI=1S/C21H18ClN3S.C19H12ClFN2S.C14H9BrClNS.C5H5BFNO2.ClH/c1-25(2)20-7-6-14(12-23-20)8-15-9-18(16-4-3-5-17(22)11-16)21-19(10-15)26-13-24-21;20-15-3-1-2-14(9-15)16-7-13(8-17-19(16)23-11-24-17)6-12-4-5-18(21)22-10-12;15-7-9-4-12(10-2-1-3-11(16)6-10)14-13(5-9)18-8-17-14;7-5-2-1-4(3-8-5)6(9)10;/h3-7,9-13H,8H2,1-2H3;1-5,7-11H,6H2;1-6,8H,7H2;1-3,9-10H;1H. The zero-order chi connectivity index (χ0) is 54.7. The molecule has 9 nitrogen and oxygen atoms in total. The maximum Gasteiger partial charge on any atom is 0.490 e. The molecule has 0 fully saturated rings. The van der Waals surface area contributed by atoms with E-state index in [1.165, 1.54) is 38.2 Å². The fourth-order valence-corrected chi connectivity index (χ4v) is 11.5. The number of nitrogens with zero attached hydrogens (tertiary/aromatic N) is 7. The number of halogens is 7. The van der Waals surface area contributed by atoms with E-state index in [4.69, 9.17) is 44.9 Å². The Bertz CT molecular complexity index is 3970. The summed E-state index contributed by atoms with van der Waals surface area (Å²) in [5.74, 6) is -0.132. The molecule has 0 unspecified atom stereocenters. The average molecular weight is 1250 g/mol. The van der Waals surface area contributed by atoms with Crippen molar-refractivity contribution in [2.75, 3.05) is 19.0 Å². The Labute approximate surface area is 497 Å². The molecule has 0 aliphatic rings. The van der Waals surface area contributed by atoms with Gasteiger partial charge in [0.25, 0.3) is 0 Å². The Morgan fingerprint density at radius 2 is 0.886 bits per heavy atom. The van der Waals surface area contributed by atoms with Gasteiger partial charge in [0.2, 0.25) is 11.9 Å². The van der Waals surface area contributed by atoms with E-state index in [2.05, 4.69) is 106 Å². The monoisotopic (exact) mass is 1250 g/mol. The first-order valence-corrected chi connectivity index (χ1v) is 28.8. The molecule has 0 atom stereocenters. The zero-order valence-electron chi connectivity index (χ0n) is 41.9. The minimum Gasteiger partial charge on any atom is -0.423 e. The number of thiazole rings is 3. The number of anilines is 1. The van der Waals surface area contributed by atoms with Gasteiger partial charge in [-0.1, -0.05) is 105 Å². The SMILES string of the molecule is CN(C)c1ccc(Cc2cc(-c3cccc(Cl)c3)c3ncsc3c2)cn1.Cl.Clc1cccc(-c2cc(CBr)cc3scnc23)c1.Fc1ccc(Cc2cc(-c3cccc(Cl)c3)c3ncsc3c2)cn1.OB(O)c1ccc(F)nc1. The number of fused-ring (bicyclic) bond motifs is 3. The molecule has 0 radical (unpaired) electrons. The largest absolute Gasteiger partial charge is 0.490 e. The van der Waals surface area contributed by atoms with Crippen LogP contribution < -0.4 is 10.4 Å². The Balaban J connectivity index is 0.000000144. The van der Waals surface area contributed by atoms with E-state index in [9.17, 15) is 8.78 Å². The van der Waals surface area contributed by atoms with E-state index < -0.39 is 19.0 Å². The second-order valence-electron chi connectivity index (χ2n) is 17.7. The van der Waals surface area contributed by atoms with Gasteiger partial charge < -0.3 is 14.9 Å². The summed E-state index contributed by atoms with van der Waals surface area (Å²) < 4.78 is 28.6. The normalized spacial score (nSPS) is 10.7. The van der Waals surface area contributed by atoms with E-state index in [1.807, 2.05) is 102 Å². The van der Waals surface area contributed by atoms with Crippen LogP contribution in [-0.4, -0.2) is 61.2 Å². The molecular formula is C59H45BBrCl4F2N7O2S3. The van der Waals surface area contributed by atoms with E-state index in [0.717, 1.165) is 106 Å². The van der Waals surface area contributed by atoms with Crippen LogP contribution in [0.25, 0.3) is 64.0 Å². The quantitative estimate of drug-likeness (QED) is 0.0783. The third-order valence-electron chi connectivity index (χ3n) is 12.0. The molecule has 398 valence electrons. The number of pyridine rings is 3. The summed E-state index contributed by atoms with van der Waals surface area (Å²) in [6.07, 6.45) is 6.12. The molecule has 0 saturated heterocycles. The molecule has 0 saturated carbocycles. The maximum absolute atomic E-state index is 13.0. The van der Waals surface area contributed by atoms with E-state index in [0.29, 0.717) is 11.4 Å². The van der Waals surface area contributed by atoms with Gasteiger partial charge in [-0.3, -0.25) is 0 Å². The van der Waals surface area contributed by atoms with Crippen molar-refractivity contribution in [3.63, 3.8) is 0 Å². The van der Waals surface area contributed by atoms with E-state index in [-0.39, 0.29) is 17.9 Å². The third-order valence-corrected chi connectivity index (χ3v) is 15.7. The lowest BCUT2D eigenvalue weighted by atomic mass is 9.82. The van der Waals surface area contributed by atoms with E-state index in [1.54, 1.807) is 46.3 Å². The summed E-state index contributed by atoms with van der Waals surface area (Å²) in [4.78, 5) is 27.0. The summed E-state index contributed by atoms with van der Waals surface area (Å²) in [6.45, 7) is 0. The molecule has 12 rings (SSSR count). The smallest absolute Gasteiger partial charge is 0.423 e. The first kappa shape index (κ1) is 58.9. The molecule has 6 heterocycles. The Morgan fingerprint density at radius 1 is 0.481 bits per heavy atom. The van der Waals surface area contributed by atoms with E-state index >= 15 is 0 Å². The molecule has 0 aliphatic heterocycles. The summed E-state index contributed by atoms with van der Waals surface area (Å²) in [7, 11) is 2.42. The molecule has 0 amide bonds. The topological polar surface area (TPSA) is 121 Å². The first-order chi connectivity index (χ1) is 37.8. The molecule has 79 heavy (non-hydrogen) atoms. The van der Waals surface area contributed by atoms with Crippen molar-refractivity contribution >= 4 is 146 Å². The van der Waals surface area contributed by atoms with Gasteiger partial charge in [0, 0.05) is 75.2 Å². The number of benzene rings is 6. The van der Waals surface area contributed by atoms with Gasteiger partial charge in [-0.15, -0.1) is 46.4 Å². The number of alkyl halides is 1. The van der Waals surface area contributed by atoms with Gasteiger partial charge in [0.15, 0.2) is 0 Å². The van der Waals surface area contributed by atoms with Gasteiger partial charge in [-0.05, 0) is 148 Å². The van der Waals surface area contributed by atoms with Crippen molar-refractivity contribution in [3.05, 3.63) is 235 Å². The number of hydrogen-bond acceptors (Lipinski definition) is 12. The molecule has 20 heteroatoms. The van der Waals surface area contributed by atoms with Crippen molar-refractivity contribution in [3.8, 4) is 33.4 Å². The first-order valence-electron chi connectivity index (χ1n) is 23.9. The minimum atomic E-state index is -1.58. The van der Waals surface area contributed by atoms with Crippen molar-refractivity contribution in [1.29, 1.82) is 0 Å². The van der Waals surface area contributed by atoms with Gasteiger partial charge in [-0.25, -0.2) is 29.9 Å². The fraction of sp³-hybridized carbons (Fsp3) is 0.0847. The highest BCUT2D eigenvalue weighted by atomic mass is 79.9. The molecule has 6 aromatic carbocycles. The average Bonchev–Trinajstić information content (AvgIpc) is 4.27. The Kier molecular flexibility index (Phi) is 20.7. The predicted octanol–water partition coefficient (Wildman–Crippen LogP) is 16.2. The lowest BCUT2D eigenvalue weighted by Crippen LogP contribution is -2.30. The van der Waals surface area contributed by atoms with Crippen LogP contribution in [0.15, 0.2) is 181 Å². The second kappa shape index (κ2) is 27.7. The van der Waals surface area contributed by atoms with Crippen molar-refractivity contribution < 1.29 is 18.8 Å². The van der Waals surface area contributed by atoms with Crippen LogP contribution in [-0.2, 0) is 18.2 Å². The summed E-state index contributed by atoms with van der Waals surface area (Å²) in [6, 6.07) is 46.3. The zero-order valence-corrected chi connectivity index (χ0v) is 49.1. The number of hydrogen-bond donors (Lipinski definition) is 2. The lowest BCUT2D eigenvalue weighted by molar-refractivity contribution is 0.425. The van der Waals surface area contributed by atoms with Gasteiger partial charge in [-0.2, -0.15) is 8.78 Å². The number of aromatic nitrogens is 6. The third kappa shape index (κ3) is 15.6. The van der Waals surface area contributed by atoms with Crippen molar-refractivity contribution in [1.82, 2.24) is 29.9 Å². The van der Waals surface area contributed by atoms with Crippen molar-refractivity contribution in [2.45, 2.75) is 18.2 Å². The fourth-order valence-electron chi connectivity index (χ4n) is 8.29. The van der Waals surface area contributed by atoms with Crippen LogP contribution in [0.5, 0.6) is 0 Å². The van der Waals surface area contributed by atoms with Gasteiger partial charge >= 0.3 is 7.12 Å². The summed E-state index contributed by atoms with van der Waals surface area (Å²) in [5, 5.41) is 20.0. The molecule has 12 aromatic rings. The molecular weight excluding hydrogens is 1210 g/mol.